The summed E-state index contributed by atoms with van der Waals surface area (Å²) in [6.07, 6.45) is 0. The zero-order chi connectivity index (χ0) is 16.2. The molecule has 1 amide bonds. The van der Waals surface area contributed by atoms with Crippen molar-refractivity contribution in [1.82, 2.24) is 9.21 Å². The third-order valence-corrected chi connectivity index (χ3v) is 5.13. The minimum Gasteiger partial charge on any atom is -0.395 e. The van der Waals surface area contributed by atoms with E-state index in [2.05, 4.69) is 0 Å². The van der Waals surface area contributed by atoms with Crippen molar-refractivity contribution in [2.24, 2.45) is 0 Å². The van der Waals surface area contributed by atoms with E-state index in [0.29, 0.717) is 6.54 Å². The summed E-state index contributed by atoms with van der Waals surface area (Å²) < 4.78 is 25.3. The van der Waals surface area contributed by atoms with Crippen LogP contribution in [-0.2, 0) is 10.0 Å². The molecular weight excluding hydrogens is 316 g/mol. The number of sulfonamides is 1. The lowest BCUT2D eigenvalue weighted by Crippen LogP contribution is -2.33. The SMILES string of the molecule is CCN(CCO)C(=O)c1cc(S(=O)(=O)N(C)C)ccc1Cl. The first kappa shape index (κ1) is 17.9. The Morgan fingerprint density at radius 3 is 2.43 bits per heavy atom. The Labute approximate surface area is 130 Å². The van der Waals surface area contributed by atoms with E-state index >= 15 is 0 Å². The molecule has 0 atom stereocenters. The fourth-order valence-corrected chi connectivity index (χ4v) is 2.86. The van der Waals surface area contributed by atoms with Gasteiger partial charge in [-0.15, -0.1) is 0 Å². The Hall–Kier alpha value is -1.15. The van der Waals surface area contributed by atoms with Gasteiger partial charge < -0.3 is 10.0 Å². The molecule has 0 saturated heterocycles. The summed E-state index contributed by atoms with van der Waals surface area (Å²) in [7, 11) is -0.815. The number of halogens is 1. The number of likely N-dealkylation sites (N-methyl/N-ethyl adjacent to an activating group) is 1. The lowest BCUT2D eigenvalue weighted by atomic mass is 10.2. The third-order valence-electron chi connectivity index (χ3n) is 2.99. The molecule has 118 valence electrons. The first-order chi connectivity index (χ1) is 9.75. The van der Waals surface area contributed by atoms with E-state index in [1.54, 1.807) is 6.92 Å². The van der Waals surface area contributed by atoms with Crippen molar-refractivity contribution in [2.45, 2.75) is 11.8 Å². The number of benzene rings is 1. The van der Waals surface area contributed by atoms with Crippen LogP contribution < -0.4 is 0 Å². The van der Waals surface area contributed by atoms with Crippen molar-refractivity contribution in [3.05, 3.63) is 28.8 Å². The van der Waals surface area contributed by atoms with E-state index in [1.807, 2.05) is 0 Å². The summed E-state index contributed by atoms with van der Waals surface area (Å²) >= 11 is 6.00. The predicted molar refractivity (Wildman–Crippen MR) is 81.0 cm³/mol. The average Bonchev–Trinajstić information content (AvgIpc) is 2.44. The number of carbonyl (C=O) groups excluding carboxylic acids is 1. The summed E-state index contributed by atoms with van der Waals surface area (Å²) in [5.41, 5.74) is 0.106. The maximum atomic E-state index is 12.4. The molecule has 1 aromatic carbocycles. The van der Waals surface area contributed by atoms with Crippen LogP contribution in [0.1, 0.15) is 17.3 Å². The molecule has 0 radical (unpaired) electrons. The maximum Gasteiger partial charge on any atom is 0.255 e. The molecule has 0 aromatic heterocycles. The highest BCUT2D eigenvalue weighted by Gasteiger charge is 2.22. The lowest BCUT2D eigenvalue weighted by molar-refractivity contribution is 0.0732. The number of nitrogens with zero attached hydrogens (tertiary/aromatic N) is 2. The molecular formula is C13H19ClN2O4S. The van der Waals surface area contributed by atoms with Crippen molar-refractivity contribution in [3.8, 4) is 0 Å². The number of hydrogen-bond acceptors (Lipinski definition) is 4. The molecule has 0 bridgehead atoms. The number of rotatable bonds is 6. The van der Waals surface area contributed by atoms with Crippen LogP contribution in [0.15, 0.2) is 23.1 Å². The van der Waals surface area contributed by atoms with Gasteiger partial charge >= 0.3 is 0 Å². The molecule has 0 aliphatic rings. The second-order valence-electron chi connectivity index (χ2n) is 4.54. The largest absolute Gasteiger partial charge is 0.395 e. The van der Waals surface area contributed by atoms with Gasteiger partial charge in [0.25, 0.3) is 5.91 Å². The first-order valence-corrected chi connectivity index (χ1v) is 8.19. The minimum absolute atomic E-state index is 0.000279. The number of amides is 1. The molecule has 0 aliphatic carbocycles. The fraction of sp³-hybridized carbons (Fsp3) is 0.462. The average molecular weight is 335 g/mol. The molecule has 1 N–H and O–H groups in total. The molecule has 0 spiro atoms. The van der Waals surface area contributed by atoms with Crippen molar-refractivity contribution in [1.29, 1.82) is 0 Å². The van der Waals surface area contributed by atoms with E-state index in [1.165, 1.54) is 37.2 Å². The second-order valence-corrected chi connectivity index (χ2v) is 7.10. The molecule has 0 saturated carbocycles. The quantitative estimate of drug-likeness (QED) is 0.843. The molecule has 1 rings (SSSR count). The molecule has 1 aromatic rings. The van der Waals surface area contributed by atoms with E-state index in [9.17, 15) is 13.2 Å². The Morgan fingerprint density at radius 1 is 1.33 bits per heavy atom. The molecule has 21 heavy (non-hydrogen) atoms. The molecule has 0 fully saturated rings. The van der Waals surface area contributed by atoms with Crippen molar-refractivity contribution >= 4 is 27.5 Å². The number of carbonyl (C=O) groups is 1. The Morgan fingerprint density at radius 2 is 1.95 bits per heavy atom. The van der Waals surface area contributed by atoms with Gasteiger partial charge in [-0.3, -0.25) is 4.79 Å². The van der Waals surface area contributed by atoms with Gasteiger partial charge in [-0.25, -0.2) is 12.7 Å². The third kappa shape index (κ3) is 3.94. The van der Waals surface area contributed by atoms with Gasteiger partial charge in [0.15, 0.2) is 0 Å². The molecule has 0 heterocycles. The van der Waals surface area contributed by atoms with Crippen molar-refractivity contribution < 1.29 is 18.3 Å². The van der Waals surface area contributed by atoms with E-state index in [0.717, 1.165) is 4.31 Å². The van der Waals surface area contributed by atoms with Gasteiger partial charge in [0, 0.05) is 27.2 Å². The second kappa shape index (κ2) is 7.22. The topological polar surface area (TPSA) is 77.9 Å². The summed E-state index contributed by atoms with van der Waals surface area (Å²) in [5, 5.41) is 9.14. The van der Waals surface area contributed by atoms with Crippen molar-refractivity contribution in [2.75, 3.05) is 33.8 Å². The smallest absolute Gasteiger partial charge is 0.255 e. The standard InChI is InChI=1S/C13H19ClN2O4S/c1-4-16(7-8-17)13(18)11-9-10(5-6-12(11)14)21(19,20)15(2)3/h5-6,9,17H,4,7-8H2,1-3H3. The maximum absolute atomic E-state index is 12.4. The fourth-order valence-electron chi connectivity index (χ4n) is 1.73. The monoisotopic (exact) mass is 334 g/mol. The van der Waals surface area contributed by atoms with Gasteiger partial charge in [0.05, 0.1) is 22.1 Å². The molecule has 8 heteroatoms. The van der Waals surface area contributed by atoms with Crippen molar-refractivity contribution in [3.63, 3.8) is 0 Å². The van der Waals surface area contributed by atoms with Crippen LogP contribution in [0, 0.1) is 0 Å². The minimum atomic E-state index is -3.64. The van der Waals surface area contributed by atoms with Crippen LogP contribution in [0.2, 0.25) is 5.02 Å². The first-order valence-electron chi connectivity index (χ1n) is 6.37. The number of hydrogen-bond donors (Lipinski definition) is 1. The van der Waals surface area contributed by atoms with Gasteiger partial charge in [0.2, 0.25) is 10.0 Å². The van der Waals surface area contributed by atoms with Crippen LogP contribution in [0.5, 0.6) is 0 Å². The van der Waals surface area contributed by atoms with Gasteiger partial charge in [0.1, 0.15) is 0 Å². The zero-order valence-corrected chi connectivity index (χ0v) is 13.8. The Kier molecular flexibility index (Phi) is 6.15. The van der Waals surface area contributed by atoms with Crippen LogP contribution in [0.4, 0.5) is 0 Å². The van der Waals surface area contributed by atoms with Crippen LogP contribution in [0.25, 0.3) is 0 Å². The summed E-state index contributed by atoms with van der Waals surface area (Å²) in [4.78, 5) is 13.8. The van der Waals surface area contributed by atoms with Crippen LogP contribution in [0.3, 0.4) is 0 Å². The van der Waals surface area contributed by atoms with E-state index in [4.69, 9.17) is 16.7 Å². The van der Waals surface area contributed by atoms with Crippen LogP contribution >= 0.6 is 11.6 Å². The van der Waals surface area contributed by atoms with E-state index in [-0.39, 0.29) is 28.6 Å². The number of aliphatic hydroxyl groups excluding tert-OH is 1. The molecule has 0 unspecified atom stereocenters. The normalized spacial score (nSPS) is 11.7. The summed E-state index contributed by atoms with van der Waals surface area (Å²) in [6, 6.07) is 4.01. The highest BCUT2D eigenvalue weighted by molar-refractivity contribution is 7.89. The highest BCUT2D eigenvalue weighted by atomic mass is 35.5. The highest BCUT2D eigenvalue weighted by Crippen LogP contribution is 2.23. The Bertz CT molecular complexity index is 617. The van der Waals surface area contributed by atoms with Crippen LogP contribution in [-0.4, -0.2) is 62.4 Å². The van der Waals surface area contributed by atoms with Gasteiger partial charge in [-0.05, 0) is 25.1 Å². The lowest BCUT2D eigenvalue weighted by Gasteiger charge is -2.21. The number of aliphatic hydroxyl groups is 1. The van der Waals surface area contributed by atoms with E-state index < -0.39 is 15.9 Å². The predicted octanol–water partition coefficient (Wildman–Crippen LogP) is 1.04. The van der Waals surface area contributed by atoms with Gasteiger partial charge in [-0.1, -0.05) is 11.6 Å². The molecule has 6 nitrogen and oxygen atoms in total. The Balaban J connectivity index is 3.29. The zero-order valence-electron chi connectivity index (χ0n) is 12.2. The summed E-state index contributed by atoms with van der Waals surface area (Å²) in [6.45, 7) is 2.14. The molecule has 0 aliphatic heterocycles. The summed E-state index contributed by atoms with van der Waals surface area (Å²) in [5.74, 6) is -0.410. The van der Waals surface area contributed by atoms with Gasteiger partial charge in [-0.2, -0.15) is 0 Å².